The van der Waals surface area contributed by atoms with Gasteiger partial charge in [-0.3, -0.25) is 4.79 Å². The van der Waals surface area contributed by atoms with Crippen molar-refractivity contribution in [1.29, 1.82) is 0 Å². The maximum atomic E-state index is 11.1. The SMILES string of the molecule is CCCCOCCOC(=O)CNC1CC1. The first kappa shape index (κ1) is 12.5. The zero-order chi connectivity index (χ0) is 10.9. The van der Waals surface area contributed by atoms with Crippen LogP contribution >= 0.6 is 0 Å². The molecule has 4 heteroatoms. The van der Waals surface area contributed by atoms with Gasteiger partial charge in [0.2, 0.25) is 0 Å². The van der Waals surface area contributed by atoms with Crippen LogP contribution in [0.15, 0.2) is 0 Å². The number of esters is 1. The van der Waals surface area contributed by atoms with Gasteiger partial charge in [0.05, 0.1) is 13.2 Å². The van der Waals surface area contributed by atoms with Gasteiger partial charge in [-0.05, 0) is 19.3 Å². The van der Waals surface area contributed by atoms with Crippen LogP contribution in [0.2, 0.25) is 0 Å². The first-order valence-corrected chi connectivity index (χ1v) is 5.79. The Morgan fingerprint density at radius 2 is 2.13 bits per heavy atom. The molecule has 0 saturated heterocycles. The number of carbonyl (C=O) groups is 1. The second kappa shape index (κ2) is 7.65. The van der Waals surface area contributed by atoms with Crippen molar-refractivity contribution < 1.29 is 14.3 Å². The summed E-state index contributed by atoms with van der Waals surface area (Å²) in [6, 6.07) is 0.554. The van der Waals surface area contributed by atoms with Gasteiger partial charge in [0, 0.05) is 12.6 Å². The van der Waals surface area contributed by atoms with Crippen molar-refractivity contribution in [3.63, 3.8) is 0 Å². The summed E-state index contributed by atoms with van der Waals surface area (Å²) in [4.78, 5) is 11.1. The third-order valence-electron chi connectivity index (χ3n) is 2.25. The van der Waals surface area contributed by atoms with Crippen molar-refractivity contribution in [1.82, 2.24) is 5.32 Å². The lowest BCUT2D eigenvalue weighted by Crippen LogP contribution is -2.27. The molecule has 0 aromatic rings. The van der Waals surface area contributed by atoms with Gasteiger partial charge in [0.15, 0.2) is 0 Å². The molecule has 0 aliphatic heterocycles. The van der Waals surface area contributed by atoms with Crippen LogP contribution in [-0.4, -0.2) is 38.4 Å². The molecule has 0 amide bonds. The lowest BCUT2D eigenvalue weighted by Gasteiger charge is -2.06. The van der Waals surface area contributed by atoms with Gasteiger partial charge in [-0.1, -0.05) is 13.3 Å². The summed E-state index contributed by atoms with van der Waals surface area (Å²) in [7, 11) is 0. The van der Waals surface area contributed by atoms with Gasteiger partial charge in [0.1, 0.15) is 6.61 Å². The average molecular weight is 215 g/mol. The van der Waals surface area contributed by atoms with Crippen LogP contribution in [0.3, 0.4) is 0 Å². The molecule has 0 bridgehead atoms. The fraction of sp³-hybridized carbons (Fsp3) is 0.909. The van der Waals surface area contributed by atoms with Crippen LogP contribution in [0.4, 0.5) is 0 Å². The second-order valence-corrected chi connectivity index (χ2v) is 3.84. The van der Waals surface area contributed by atoms with E-state index < -0.39 is 0 Å². The number of hydrogen-bond donors (Lipinski definition) is 1. The van der Waals surface area contributed by atoms with E-state index in [1.807, 2.05) is 0 Å². The molecule has 1 fully saturated rings. The summed E-state index contributed by atoms with van der Waals surface area (Å²) in [6.45, 7) is 4.09. The molecule has 0 unspecified atom stereocenters. The van der Waals surface area contributed by atoms with E-state index in [2.05, 4.69) is 12.2 Å². The molecule has 0 aromatic heterocycles. The molecule has 0 heterocycles. The monoisotopic (exact) mass is 215 g/mol. The van der Waals surface area contributed by atoms with Crippen LogP contribution in [0, 0.1) is 0 Å². The van der Waals surface area contributed by atoms with E-state index in [1.165, 1.54) is 12.8 Å². The summed E-state index contributed by atoms with van der Waals surface area (Å²) in [6.07, 6.45) is 4.57. The van der Waals surface area contributed by atoms with Crippen molar-refractivity contribution >= 4 is 5.97 Å². The summed E-state index contributed by atoms with van der Waals surface area (Å²) in [5.74, 6) is -0.180. The van der Waals surface area contributed by atoms with Crippen LogP contribution in [0.1, 0.15) is 32.6 Å². The van der Waals surface area contributed by atoms with Crippen molar-refractivity contribution in [2.45, 2.75) is 38.6 Å². The summed E-state index contributed by atoms with van der Waals surface area (Å²) in [5.41, 5.74) is 0. The number of nitrogens with one attached hydrogen (secondary N) is 1. The average Bonchev–Trinajstić information content (AvgIpc) is 3.04. The summed E-state index contributed by atoms with van der Waals surface area (Å²) < 4.78 is 10.2. The first-order valence-electron chi connectivity index (χ1n) is 5.79. The maximum absolute atomic E-state index is 11.1. The van der Waals surface area contributed by atoms with E-state index in [4.69, 9.17) is 9.47 Å². The smallest absolute Gasteiger partial charge is 0.320 e. The Morgan fingerprint density at radius 3 is 2.80 bits per heavy atom. The zero-order valence-corrected chi connectivity index (χ0v) is 9.46. The highest BCUT2D eigenvalue weighted by Gasteiger charge is 2.21. The van der Waals surface area contributed by atoms with Gasteiger partial charge >= 0.3 is 5.97 Å². The van der Waals surface area contributed by atoms with E-state index in [9.17, 15) is 4.79 Å². The highest BCUT2D eigenvalue weighted by atomic mass is 16.6. The van der Waals surface area contributed by atoms with Crippen molar-refractivity contribution in [2.75, 3.05) is 26.4 Å². The van der Waals surface area contributed by atoms with Crippen LogP contribution in [-0.2, 0) is 14.3 Å². The Morgan fingerprint density at radius 1 is 1.33 bits per heavy atom. The number of hydrogen-bond acceptors (Lipinski definition) is 4. The third kappa shape index (κ3) is 7.33. The minimum absolute atomic E-state index is 0.180. The van der Waals surface area contributed by atoms with Crippen molar-refractivity contribution in [3.8, 4) is 0 Å². The van der Waals surface area contributed by atoms with Crippen molar-refractivity contribution in [3.05, 3.63) is 0 Å². The molecule has 0 radical (unpaired) electrons. The predicted octanol–water partition coefficient (Wildman–Crippen LogP) is 1.10. The first-order chi connectivity index (χ1) is 7.33. The van der Waals surface area contributed by atoms with E-state index >= 15 is 0 Å². The molecule has 0 spiro atoms. The Bertz CT molecular complexity index is 181. The van der Waals surface area contributed by atoms with E-state index in [1.54, 1.807) is 0 Å². The van der Waals surface area contributed by atoms with Gasteiger partial charge in [-0.2, -0.15) is 0 Å². The molecule has 4 nitrogen and oxygen atoms in total. The minimum Gasteiger partial charge on any atom is -0.462 e. The minimum atomic E-state index is -0.180. The van der Waals surface area contributed by atoms with Crippen LogP contribution in [0.5, 0.6) is 0 Å². The number of rotatable bonds is 9. The Kier molecular flexibility index (Phi) is 6.36. The molecule has 0 aromatic carbocycles. The molecular formula is C11H21NO3. The Labute approximate surface area is 91.3 Å². The highest BCUT2D eigenvalue weighted by Crippen LogP contribution is 2.17. The van der Waals surface area contributed by atoms with Gasteiger partial charge < -0.3 is 14.8 Å². The van der Waals surface area contributed by atoms with E-state index in [0.29, 0.717) is 25.8 Å². The standard InChI is InChI=1S/C11H21NO3/c1-2-3-6-14-7-8-15-11(13)9-12-10-4-5-10/h10,12H,2-9H2,1H3. The van der Waals surface area contributed by atoms with Crippen LogP contribution < -0.4 is 5.32 Å². The molecular weight excluding hydrogens is 194 g/mol. The third-order valence-corrected chi connectivity index (χ3v) is 2.25. The van der Waals surface area contributed by atoms with E-state index in [-0.39, 0.29) is 5.97 Å². The molecule has 1 rings (SSSR count). The number of unbranched alkanes of at least 4 members (excludes halogenated alkanes) is 1. The van der Waals surface area contributed by atoms with Crippen LogP contribution in [0.25, 0.3) is 0 Å². The second-order valence-electron chi connectivity index (χ2n) is 3.84. The fourth-order valence-electron chi connectivity index (χ4n) is 1.13. The maximum Gasteiger partial charge on any atom is 0.320 e. The largest absolute Gasteiger partial charge is 0.462 e. The Hall–Kier alpha value is -0.610. The molecule has 1 saturated carbocycles. The quantitative estimate of drug-likeness (QED) is 0.462. The number of ether oxygens (including phenoxy) is 2. The lowest BCUT2D eigenvalue weighted by molar-refractivity contribution is -0.144. The molecule has 0 atom stereocenters. The fourth-order valence-corrected chi connectivity index (χ4v) is 1.13. The van der Waals surface area contributed by atoms with Crippen molar-refractivity contribution in [2.24, 2.45) is 0 Å². The highest BCUT2D eigenvalue weighted by molar-refractivity contribution is 5.71. The molecule has 1 aliphatic carbocycles. The number of carbonyl (C=O) groups excluding carboxylic acids is 1. The van der Waals surface area contributed by atoms with E-state index in [0.717, 1.165) is 19.4 Å². The molecule has 1 N–H and O–H groups in total. The topological polar surface area (TPSA) is 47.6 Å². The molecule has 15 heavy (non-hydrogen) atoms. The molecule has 88 valence electrons. The summed E-state index contributed by atoms with van der Waals surface area (Å²) >= 11 is 0. The zero-order valence-electron chi connectivity index (χ0n) is 9.46. The predicted molar refractivity (Wildman–Crippen MR) is 57.7 cm³/mol. The van der Waals surface area contributed by atoms with Gasteiger partial charge in [0.25, 0.3) is 0 Å². The lowest BCUT2D eigenvalue weighted by atomic mass is 10.4. The van der Waals surface area contributed by atoms with Gasteiger partial charge in [-0.15, -0.1) is 0 Å². The molecule has 1 aliphatic rings. The van der Waals surface area contributed by atoms with Gasteiger partial charge in [-0.25, -0.2) is 0 Å². The normalized spacial score (nSPS) is 15.3. The Balaban J connectivity index is 1.79. The summed E-state index contributed by atoms with van der Waals surface area (Å²) in [5, 5.41) is 3.10.